The molecule has 0 bridgehead atoms. The van der Waals surface area contributed by atoms with Gasteiger partial charge in [0.25, 0.3) is 0 Å². The summed E-state index contributed by atoms with van der Waals surface area (Å²) >= 11 is 0. The fourth-order valence-electron chi connectivity index (χ4n) is 17.9. The Morgan fingerprint density at radius 1 is 0.552 bits per heavy atom. The topological polar surface area (TPSA) is 453 Å². The van der Waals surface area contributed by atoms with Crippen LogP contribution in [0.15, 0.2) is 11.6 Å². The van der Waals surface area contributed by atoms with E-state index >= 15 is 0 Å². The van der Waals surface area contributed by atoms with Crippen LogP contribution in [0.4, 0.5) is 0 Å². The standard InChI is InChI=1S/C59H96O28/c1-22-31(64)34(67)39(72)50(79-22)85-44-36(69)33(66)27(19-61)81-52(44)86-45-38(71)37(70)43(48(76)77)84-53(45)82-30-12-13-56(5)28(57(30,6)21-62)11-14-59(8)29(56)10-9-23-24-17-54(2,3)46(75)47(55(24,4)15-16-58(23,59)7)87-49-41(74)42(25(63)20-78-49)83-51-40(73)35(68)32(65)26(18-60)80-51/h9,22,24-47,49-53,60-75H,10-21H2,1-8H3,(H,76,77)/t22-,24-,25-,26+,27+,28+,29+,30-,31-,32+,33-,34+,35-,36-,37-,38-,39+,40+,41+,42-,43-,44+,45+,46-,47+,49-,50-,51-,52-,53+,55+,56-,57+,58+,59+/m0/s1. The molecule has 5 aliphatic carbocycles. The van der Waals surface area contributed by atoms with E-state index in [0.717, 1.165) is 0 Å². The Labute approximate surface area is 504 Å². The highest BCUT2D eigenvalue weighted by Gasteiger charge is 2.71. The van der Waals surface area contributed by atoms with Crippen LogP contribution < -0.4 is 0 Å². The van der Waals surface area contributed by atoms with E-state index in [0.29, 0.717) is 44.9 Å². The first-order chi connectivity index (χ1) is 40.7. The van der Waals surface area contributed by atoms with E-state index in [9.17, 15) is 91.6 Å². The summed E-state index contributed by atoms with van der Waals surface area (Å²) in [6.45, 7) is 13.8. The summed E-state index contributed by atoms with van der Waals surface area (Å²) < 4.78 is 60.5. The monoisotopic (exact) mass is 1250 g/mol. The van der Waals surface area contributed by atoms with E-state index in [4.69, 9.17) is 47.4 Å². The van der Waals surface area contributed by atoms with Crippen LogP contribution in [0.25, 0.3) is 0 Å². The van der Waals surface area contributed by atoms with E-state index in [1.54, 1.807) is 0 Å². The van der Waals surface area contributed by atoms with Gasteiger partial charge in [-0.3, -0.25) is 0 Å². The number of aliphatic carboxylic acids is 1. The van der Waals surface area contributed by atoms with Crippen LogP contribution in [0.3, 0.4) is 0 Å². The van der Waals surface area contributed by atoms with Crippen molar-refractivity contribution in [2.24, 2.45) is 50.2 Å². The summed E-state index contributed by atoms with van der Waals surface area (Å²) in [5.41, 5.74) is -2.49. The van der Waals surface area contributed by atoms with Gasteiger partial charge >= 0.3 is 5.97 Å². The number of aliphatic hydroxyl groups excluding tert-OH is 16. The minimum absolute atomic E-state index is 0.0387. The molecule has 5 heterocycles. The molecule has 35 atom stereocenters. The first kappa shape index (κ1) is 68.0. The van der Waals surface area contributed by atoms with Crippen molar-refractivity contribution in [3.8, 4) is 0 Å². The predicted octanol–water partition coefficient (Wildman–Crippen LogP) is -4.04. The Bertz CT molecular complexity index is 2440. The fraction of sp³-hybridized carbons (Fsp3) is 0.949. The normalized spacial score (nSPS) is 56.0. The van der Waals surface area contributed by atoms with Gasteiger partial charge in [-0.2, -0.15) is 0 Å². The number of allylic oxidation sites excluding steroid dienone is 2. The first-order valence-electron chi connectivity index (χ1n) is 30.8. The molecule has 0 radical (unpaired) electrons. The van der Waals surface area contributed by atoms with Gasteiger partial charge in [0.1, 0.15) is 104 Å². The van der Waals surface area contributed by atoms with E-state index < -0.39 is 219 Å². The highest BCUT2D eigenvalue weighted by Crippen LogP contribution is 2.76. The zero-order valence-corrected chi connectivity index (χ0v) is 50.5. The van der Waals surface area contributed by atoms with E-state index in [-0.39, 0.29) is 36.2 Å². The molecular weight excluding hydrogens is 1160 g/mol. The highest BCUT2D eigenvalue weighted by atomic mass is 16.8. The van der Waals surface area contributed by atoms with Crippen LogP contribution in [0, 0.1) is 50.2 Å². The van der Waals surface area contributed by atoms with Crippen LogP contribution >= 0.6 is 0 Å². The van der Waals surface area contributed by atoms with Crippen molar-refractivity contribution in [3.05, 3.63) is 11.6 Å². The summed E-state index contributed by atoms with van der Waals surface area (Å²) in [5.74, 6) is -1.99. The lowest BCUT2D eigenvalue weighted by Crippen LogP contribution is -2.69. The van der Waals surface area contributed by atoms with E-state index in [2.05, 4.69) is 33.8 Å². The van der Waals surface area contributed by atoms with Gasteiger partial charge in [-0.15, -0.1) is 0 Å². The second-order valence-electron chi connectivity index (χ2n) is 28.8. The van der Waals surface area contributed by atoms with Gasteiger partial charge in [0.15, 0.2) is 37.6 Å². The van der Waals surface area contributed by atoms with Crippen molar-refractivity contribution in [1.29, 1.82) is 0 Å². The third-order valence-corrected chi connectivity index (χ3v) is 23.6. The first-order valence-corrected chi connectivity index (χ1v) is 30.8. The average Bonchev–Trinajstić information content (AvgIpc) is 0.739. The van der Waals surface area contributed by atoms with Crippen molar-refractivity contribution in [1.82, 2.24) is 0 Å². The molecule has 28 nitrogen and oxygen atoms in total. The molecular formula is C59H96O28. The van der Waals surface area contributed by atoms with Gasteiger partial charge in [0, 0.05) is 10.8 Å². The molecule has 5 aliphatic heterocycles. The minimum Gasteiger partial charge on any atom is -0.479 e. The molecule has 4 saturated carbocycles. The molecule has 0 aromatic rings. The Morgan fingerprint density at radius 3 is 1.74 bits per heavy atom. The number of ether oxygens (including phenoxy) is 10. The third-order valence-electron chi connectivity index (χ3n) is 23.6. The molecule has 5 saturated heterocycles. The SMILES string of the molecule is C[C@@H]1O[C@@H](O[C@H]2[C@H](O[C@H]3[C@H](O[C@H]4CC[C@@]5(C)[C@@H](CC[C@]6(C)[C@@H]5CC=C5[C@@H]7CC(C)(C)[C@@H](O)[C@@H](O[C@@H]8OC[C@H](O)[C@H](O[C@@H]9O[C@H](CO)[C@@H](O)[C@H](O)[C@H]9O)[C@H]8O)[C@]7(C)CC[C@]56C)[C@@]4(C)CO)O[C@H](C(=O)O)[C@@H](O)[C@@H]3O)O[C@H](CO)[C@H](O)[C@@H]2O)[C@H](O)[C@H](O)[C@H]1O. The molecule has 500 valence electrons. The molecule has 9 fully saturated rings. The zero-order chi connectivity index (χ0) is 63.7. The second-order valence-corrected chi connectivity index (χ2v) is 28.8. The quantitative estimate of drug-likeness (QED) is 0.0582. The molecule has 0 aromatic carbocycles. The fourth-order valence-corrected chi connectivity index (χ4v) is 17.9. The Balaban J connectivity index is 0.892. The lowest BCUT2D eigenvalue weighted by molar-refractivity contribution is -0.396. The van der Waals surface area contributed by atoms with Crippen molar-refractivity contribution >= 4 is 5.97 Å². The molecule has 87 heavy (non-hydrogen) atoms. The van der Waals surface area contributed by atoms with Gasteiger partial charge in [-0.1, -0.05) is 60.1 Å². The maximum atomic E-state index is 12.6. The third kappa shape index (κ3) is 11.1. The van der Waals surface area contributed by atoms with Crippen LogP contribution in [0.2, 0.25) is 0 Å². The average molecular weight is 1250 g/mol. The van der Waals surface area contributed by atoms with Crippen molar-refractivity contribution in [2.45, 2.75) is 272 Å². The number of aliphatic hydroxyl groups is 16. The van der Waals surface area contributed by atoms with Crippen LogP contribution in [-0.2, 0) is 52.2 Å². The summed E-state index contributed by atoms with van der Waals surface area (Å²) in [6.07, 6.45) is -37.5. The number of rotatable bonds is 14. The predicted molar refractivity (Wildman–Crippen MR) is 291 cm³/mol. The lowest BCUT2D eigenvalue weighted by atomic mass is 9.33. The Hall–Kier alpha value is -1.83. The Morgan fingerprint density at radius 2 is 1.11 bits per heavy atom. The molecule has 0 spiro atoms. The molecule has 0 amide bonds. The number of carboxylic acid groups (broad SMARTS) is 1. The highest BCUT2D eigenvalue weighted by molar-refractivity contribution is 5.73. The maximum Gasteiger partial charge on any atom is 0.335 e. The smallest absolute Gasteiger partial charge is 0.335 e. The number of carboxylic acids is 1. The molecule has 10 rings (SSSR count). The number of fused-ring (bicyclic) bond motifs is 7. The summed E-state index contributed by atoms with van der Waals surface area (Å²) in [4.78, 5) is 12.6. The second kappa shape index (κ2) is 24.8. The van der Waals surface area contributed by atoms with Gasteiger partial charge < -0.3 is 134 Å². The van der Waals surface area contributed by atoms with E-state index in [1.165, 1.54) is 12.5 Å². The molecule has 17 N–H and O–H groups in total. The zero-order valence-electron chi connectivity index (χ0n) is 50.5. The summed E-state index contributed by atoms with van der Waals surface area (Å²) in [5, 5.41) is 186. The maximum absolute atomic E-state index is 12.6. The van der Waals surface area contributed by atoms with Crippen LogP contribution in [-0.4, -0.2) is 285 Å². The molecule has 0 unspecified atom stereocenters. The van der Waals surface area contributed by atoms with Crippen molar-refractivity contribution < 1.29 is 139 Å². The summed E-state index contributed by atoms with van der Waals surface area (Å²) in [7, 11) is 0. The van der Waals surface area contributed by atoms with Crippen LogP contribution in [0.5, 0.6) is 0 Å². The van der Waals surface area contributed by atoms with Gasteiger partial charge in [0.05, 0.1) is 50.8 Å². The summed E-state index contributed by atoms with van der Waals surface area (Å²) in [6, 6.07) is 0. The Kier molecular flexibility index (Phi) is 19.4. The number of carbonyl (C=O) groups is 1. The van der Waals surface area contributed by atoms with Gasteiger partial charge in [-0.05, 0) is 97.7 Å². The molecule has 0 aromatic heterocycles. The van der Waals surface area contributed by atoms with Gasteiger partial charge in [0.2, 0.25) is 0 Å². The number of hydrogen-bond donors (Lipinski definition) is 17. The largest absolute Gasteiger partial charge is 0.479 e. The lowest BCUT2D eigenvalue weighted by Gasteiger charge is -2.72. The van der Waals surface area contributed by atoms with E-state index in [1.807, 2.05) is 20.8 Å². The number of hydrogen-bond acceptors (Lipinski definition) is 27. The molecule has 28 heteroatoms. The minimum atomic E-state index is -2.14. The van der Waals surface area contributed by atoms with Crippen molar-refractivity contribution in [2.75, 3.05) is 26.4 Å². The molecule has 10 aliphatic rings. The van der Waals surface area contributed by atoms with Crippen LogP contribution in [0.1, 0.15) is 107 Å². The van der Waals surface area contributed by atoms with Gasteiger partial charge in [-0.25, -0.2) is 4.79 Å². The van der Waals surface area contributed by atoms with Crippen molar-refractivity contribution in [3.63, 3.8) is 0 Å².